The molecule has 0 spiro atoms. The standard InChI is InChI=1S/C15H16ClNO/c1-18-14-8-7-12(11-5-3-2-4-6-11)15(16)13(14)9-10-17/h2-8H,9-10,17H2,1H3. The van der Waals surface area contributed by atoms with Crippen molar-refractivity contribution in [1.82, 2.24) is 0 Å². The van der Waals surface area contributed by atoms with Crippen molar-refractivity contribution in [2.45, 2.75) is 6.42 Å². The first-order valence-corrected chi connectivity index (χ1v) is 6.26. The molecule has 0 fully saturated rings. The van der Waals surface area contributed by atoms with E-state index in [4.69, 9.17) is 22.1 Å². The Bertz CT molecular complexity index is 526. The van der Waals surface area contributed by atoms with Crippen LogP contribution in [0.25, 0.3) is 11.1 Å². The van der Waals surface area contributed by atoms with E-state index < -0.39 is 0 Å². The highest BCUT2D eigenvalue weighted by molar-refractivity contribution is 6.34. The summed E-state index contributed by atoms with van der Waals surface area (Å²) in [5.41, 5.74) is 8.72. The minimum atomic E-state index is 0.550. The predicted octanol–water partition coefficient (Wildman–Crippen LogP) is 3.52. The molecule has 0 bridgehead atoms. The van der Waals surface area contributed by atoms with Gasteiger partial charge < -0.3 is 10.5 Å². The van der Waals surface area contributed by atoms with Gasteiger partial charge in [-0.3, -0.25) is 0 Å². The maximum Gasteiger partial charge on any atom is 0.123 e. The van der Waals surface area contributed by atoms with Gasteiger partial charge in [-0.25, -0.2) is 0 Å². The fourth-order valence-corrected chi connectivity index (χ4v) is 2.37. The van der Waals surface area contributed by atoms with Gasteiger partial charge in [0.1, 0.15) is 5.75 Å². The first-order valence-electron chi connectivity index (χ1n) is 5.88. The van der Waals surface area contributed by atoms with E-state index in [2.05, 4.69) is 0 Å². The smallest absolute Gasteiger partial charge is 0.123 e. The van der Waals surface area contributed by atoms with E-state index in [0.29, 0.717) is 13.0 Å². The van der Waals surface area contributed by atoms with Gasteiger partial charge in [-0.05, 0) is 30.7 Å². The molecule has 0 saturated carbocycles. The van der Waals surface area contributed by atoms with Crippen molar-refractivity contribution in [2.24, 2.45) is 5.73 Å². The molecule has 0 saturated heterocycles. The molecule has 0 amide bonds. The molecule has 2 aromatic rings. The molecule has 2 aromatic carbocycles. The molecule has 0 aliphatic carbocycles. The maximum absolute atomic E-state index is 6.47. The molecule has 0 aromatic heterocycles. The van der Waals surface area contributed by atoms with E-state index in [9.17, 15) is 0 Å². The molecule has 0 aliphatic heterocycles. The summed E-state index contributed by atoms with van der Waals surface area (Å²) in [6.07, 6.45) is 0.711. The average molecular weight is 262 g/mol. The van der Waals surface area contributed by atoms with E-state index >= 15 is 0 Å². The molecular weight excluding hydrogens is 246 g/mol. The van der Waals surface area contributed by atoms with Gasteiger partial charge in [0.05, 0.1) is 12.1 Å². The maximum atomic E-state index is 6.47. The molecule has 2 N–H and O–H groups in total. The summed E-state index contributed by atoms with van der Waals surface area (Å²) in [5.74, 6) is 0.796. The molecule has 0 radical (unpaired) electrons. The van der Waals surface area contributed by atoms with Crippen LogP contribution in [-0.4, -0.2) is 13.7 Å². The van der Waals surface area contributed by atoms with Crippen LogP contribution in [0.3, 0.4) is 0 Å². The quantitative estimate of drug-likeness (QED) is 0.914. The van der Waals surface area contributed by atoms with Crippen molar-refractivity contribution in [1.29, 1.82) is 0 Å². The molecule has 2 rings (SSSR count). The Morgan fingerprint density at radius 2 is 1.83 bits per heavy atom. The zero-order chi connectivity index (χ0) is 13.0. The number of rotatable bonds is 4. The zero-order valence-electron chi connectivity index (χ0n) is 10.3. The van der Waals surface area contributed by atoms with Gasteiger partial charge in [-0.2, -0.15) is 0 Å². The number of benzene rings is 2. The summed E-state index contributed by atoms with van der Waals surface area (Å²) in [6, 6.07) is 14.0. The highest BCUT2D eigenvalue weighted by atomic mass is 35.5. The van der Waals surface area contributed by atoms with Crippen LogP contribution in [0.15, 0.2) is 42.5 Å². The van der Waals surface area contributed by atoms with E-state index in [1.165, 1.54) is 0 Å². The fraction of sp³-hybridized carbons (Fsp3) is 0.200. The monoisotopic (exact) mass is 261 g/mol. The van der Waals surface area contributed by atoms with Gasteiger partial charge in [0, 0.05) is 11.1 Å². The van der Waals surface area contributed by atoms with E-state index in [-0.39, 0.29) is 0 Å². The summed E-state index contributed by atoms with van der Waals surface area (Å²) in [4.78, 5) is 0. The van der Waals surface area contributed by atoms with Gasteiger partial charge in [0.25, 0.3) is 0 Å². The van der Waals surface area contributed by atoms with Crippen molar-refractivity contribution < 1.29 is 4.74 Å². The summed E-state index contributed by atoms with van der Waals surface area (Å²) in [7, 11) is 1.65. The van der Waals surface area contributed by atoms with Crippen LogP contribution < -0.4 is 10.5 Å². The lowest BCUT2D eigenvalue weighted by molar-refractivity contribution is 0.410. The third-order valence-electron chi connectivity index (χ3n) is 2.90. The first kappa shape index (κ1) is 12.9. The topological polar surface area (TPSA) is 35.2 Å². The van der Waals surface area contributed by atoms with Crippen molar-refractivity contribution in [3.8, 4) is 16.9 Å². The van der Waals surface area contributed by atoms with Crippen LogP contribution in [-0.2, 0) is 6.42 Å². The Hall–Kier alpha value is -1.51. The average Bonchev–Trinajstić information content (AvgIpc) is 2.42. The van der Waals surface area contributed by atoms with Crippen LogP contribution in [0.5, 0.6) is 5.75 Å². The largest absolute Gasteiger partial charge is 0.496 e. The second kappa shape index (κ2) is 5.89. The molecule has 0 atom stereocenters. The fourth-order valence-electron chi connectivity index (χ4n) is 2.01. The number of hydrogen-bond acceptors (Lipinski definition) is 2. The Morgan fingerprint density at radius 3 is 2.44 bits per heavy atom. The second-order valence-electron chi connectivity index (χ2n) is 4.01. The van der Waals surface area contributed by atoms with E-state index in [1.807, 2.05) is 42.5 Å². The first-order chi connectivity index (χ1) is 8.77. The Morgan fingerprint density at radius 1 is 1.11 bits per heavy atom. The van der Waals surface area contributed by atoms with Crippen LogP contribution in [0.2, 0.25) is 5.02 Å². The lowest BCUT2D eigenvalue weighted by Crippen LogP contribution is -2.05. The Kier molecular flexibility index (Phi) is 4.24. The van der Waals surface area contributed by atoms with Gasteiger partial charge in [0.15, 0.2) is 0 Å². The third-order valence-corrected chi connectivity index (χ3v) is 3.33. The molecule has 2 nitrogen and oxygen atoms in total. The van der Waals surface area contributed by atoms with Gasteiger partial charge >= 0.3 is 0 Å². The van der Waals surface area contributed by atoms with Crippen LogP contribution in [0.1, 0.15) is 5.56 Å². The highest BCUT2D eigenvalue weighted by Gasteiger charge is 2.12. The van der Waals surface area contributed by atoms with Gasteiger partial charge in [0.2, 0.25) is 0 Å². The second-order valence-corrected chi connectivity index (χ2v) is 4.39. The number of halogens is 1. The molecule has 94 valence electrons. The Labute approximate surface area is 112 Å². The number of hydrogen-bond donors (Lipinski definition) is 1. The molecule has 3 heteroatoms. The van der Waals surface area contributed by atoms with Crippen LogP contribution in [0, 0.1) is 0 Å². The van der Waals surface area contributed by atoms with Gasteiger partial charge in [-0.1, -0.05) is 41.9 Å². The van der Waals surface area contributed by atoms with Crippen molar-refractivity contribution in [2.75, 3.05) is 13.7 Å². The van der Waals surface area contributed by atoms with Gasteiger partial charge in [-0.15, -0.1) is 0 Å². The normalized spacial score (nSPS) is 10.4. The number of nitrogens with two attached hydrogens (primary N) is 1. The summed E-state index contributed by atoms with van der Waals surface area (Å²) in [5, 5.41) is 0.728. The van der Waals surface area contributed by atoms with E-state index in [1.54, 1.807) is 7.11 Å². The molecule has 0 unspecified atom stereocenters. The lowest BCUT2D eigenvalue weighted by atomic mass is 10.0. The predicted molar refractivity (Wildman–Crippen MR) is 76.2 cm³/mol. The summed E-state index contributed by atoms with van der Waals surface area (Å²) in [6.45, 7) is 0.550. The summed E-state index contributed by atoms with van der Waals surface area (Å²) >= 11 is 6.47. The number of methoxy groups -OCH3 is 1. The van der Waals surface area contributed by atoms with Crippen molar-refractivity contribution >= 4 is 11.6 Å². The molecule has 0 heterocycles. The minimum absolute atomic E-state index is 0.550. The van der Waals surface area contributed by atoms with E-state index in [0.717, 1.165) is 27.5 Å². The third kappa shape index (κ3) is 2.50. The molecule has 0 aliphatic rings. The molecule has 18 heavy (non-hydrogen) atoms. The van der Waals surface area contributed by atoms with Crippen LogP contribution >= 0.6 is 11.6 Å². The SMILES string of the molecule is COc1ccc(-c2ccccc2)c(Cl)c1CCN. The summed E-state index contributed by atoms with van der Waals surface area (Å²) < 4.78 is 5.33. The number of ether oxygens (including phenoxy) is 1. The highest BCUT2D eigenvalue weighted by Crippen LogP contribution is 2.36. The van der Waals surface area contributed by atoms with Crippen LogP contribution in [0.4, 0.5) is 0 Å². The minimum Gasteiger partial charge on any atom is -0.496 e. The zero-order valence-corrected chi connectivity index (χ0v) is 11.1. The van der Waals surface area contributed by atoms with Crippen molar-refractivity contribution in [3.63, 3.8) is 0 Å². The van der Waals surface area contributed by atoms with Crippen molar-refractivity contribution in [3.05, 3.63) is 53.1 Å². The Balaban J connectivity index is 2.54. The lowest BCUT2D eigenvalue weighted by Gasteiger charge is -2.13. The molecular formula is C15H16ClNO.